The summed E-state index contributed by atoms with van der Waals surface area (Å²) in [5.41, 5.74) is 2.31. The number of likely N-dealkylation sites (N-methyl/N-ethyl adjacent to an activating group) is 1. The Morgan fingerprint density at radius 1 is 1.41 bits per heavy atom. The smallest absolute Gasteiger partial charge is 0.0739 e. The van der Waals surface area contributed by atoms with E-state index >= 15 is 0 Å². The molecule has 0 aliphatic heterocycles. The first-order valence-corrected chi connectivity index (χ1v) is 6.86. The van der Waals surface area contributed by atoms with E-state index in [0.29, 0.717) is 0 Å². The zero-order chi connectivity index (χ0) is 12.8. The molecule has 0 N–H and O–H groups in total. The van der Waals surface area contributed by atoms with Crippen LogP contribution in [0, 0.1) is 6.92 Å². The number of rotatable bonds is 7. The molecule has 0 fully saturated rings. The number of ether oxygens (including phenoxy) is 1. The minimum Gasteiger partial charge on any atom is -0.383 e. The second kappa shape index (κ2) is 7.13. The number of aryl methyl sites for hydroxylation is 2. The third-order valence-electron chi connectivity index (χ3n) is 2.89. The third kappa shape index (κ3) is 3.79. The molecule has 0 amide bonds. The van der Waals surface area contributed by atoms with Gasteiger partial charge in [-0.3, -0.25) is 9.58 Å². The Kier molecular flexibility index (Phi) is 6.16. The van der Waals surface area contributed by atoms with Crippen LogP contribution in [0.1, 0.15) is 25.2 Å². The molecule has 0 spiro atoms. The Bertz CT molecular complexity index is 352. The minimum atomic E-state index is 0.769. The summed E-state index contributed by atoms with van der Waals surface area (Å²) >= 11 is 3.63. The highest BCUT2D eigenvalue weighted by Gasteiger charge is 2.14. The lowest BCUT2D eigenvalue weighted by Gasteiger charge is -2.20. The van der Waals surface area contributed by atoms with Crippen LogP contribution in [0.4, 0.5) is 0 Å². The number of aromatic nitrogens is 2. The standard InChI is InChI=1S/C12H22BrN3O/c1-5-15(7-8-17-4)9-11-12(13)10(3)14-16(11)6-2/h5-9H2,1-4H3. The van der Waals surface area contributed by atoms with Crippen molar-refractivity contribution in [1.29, 1.82) is 0 Å². The molecule has 0 bridgehead atoms. The summed E-state index contributed by atoms with van der Waals surface area (Å²) in [6.45, 7) is 10.9. The van der Waals surface area contributed by atoms with Gasteiger partial charge in [0.15, 0.2) is 0 Å². The van der Waals surface area contributed by atoms with E-state index in [2.05, 4.69) is 44.5 Å². The van der Waals surface area contributed by atoms with Crippen LogP contribution in [0.2, 0.25) is 0 Å². The van der Waals surface area contributed by atoms with Gasteiger partial charge in [-0.25, -0.2) is 0 Å². The molecule has 0 atom stereocenters. The molecule has 17 heavy (non-hydrogen) atoms. The summed E-state index contributed by atoms with van der Waals surface area (Å²) in [5, 5.41) is 4.51. The Hall–Kier alpha value is -0.390. The summed E-state index contributed by atoms with van der Waals surface area (Å²) in [7, 11) is 1.74. The minimum absolute atomic E-state index is 0.769. The first kappa shape index (κ1) is 14.7. The van der Waals surface area contributed by atoms with E-state index in [1.165, 1.54) is 5.69 Å². The SMILES string of the molecule is CCN(CCOC)Cc1c(Br)c(C)nn1CC. The van der Waals surface area contributed by atoms with Gasteiger partial charge in [-0.05, 0) is 36.3 Å². The van der Waals surface area contributed by atoms with Gasteiger partial charge >= 0.3 is 0 Å². The monoisotopic (exact) mass is 303 g/mol. The van der Waals surface area contributed by atoms with Gasteiger partial charge in [0.2, 0.25) is 0 Å². The number of nitrogens with zero attached hydrogens (tertiary/aromatic N) is 3. The lowest BCUT2D eigenvalue weighted by atomic mass is 10.3. The van der Waals surface area contributed by atoms with Crippen LogP contribution in [0.25, 0.3) is 0 Å². The predicted molar refractivity (Wildman–Crippen MR) is 73.2 cm³/mol. The summed E-state index contributed by atoms with van der Waals surface area (Å²) in [5.74, 6) is 0. The molecule has 0 saturated carbocycles. The van der Waals surface area contributed by atoms with Gasteiger partial charge in [0.1, 0.15) is 0 Å². The maximum Gasteiger partial charge on any atom is 0.0739 e. The first-order chi connectivity index (χ1) is 8.13. The fraction of sp³-hybridized carbons (Fsp3) is 0.750. The van der Waals surface area contributed by atoms with E-state index in [0.717, 1.165) is 43.0 Å². The van der Waals surface area contributed by atoms with Crippen molar-refractivity contribution < 1.29 is 4.74 Å². The van der Waals surface area contributed by atoms with Crippen LogP contribution in [0.15, 0.2) is 4.47 Å². The van der Waals surface area contributed by atoms with Gasteiger partial charge in [-0.15, -0.1) is 0 Å². The molecular weight excluding hydrogens is 282 g/mol. The van der Waals surface area contributed by atoms with Crippen molar-refractivity contribution in [3.8, 4) is 0 Å². The number of methoxy groups -OCH3 is 1. The summed E-state index contributed by atoms with van der Waals surface area (Å²) in [4.78, 5) is 2.36. The maximum absolute atomic E-state index is 5.13. The normalized spacial score (nSPS) is 11.4. The van der Waals surface area contributed by atoms with Crippen molar-refractivity contribution in [3.63, 3.8) is 0 Å². The highest BCUT2D eigenvalue weighted by Crippen LogP contribution is 2.22. The zero-order valence-corrected chi connectivity index (χ0v) is 12.7. The lowest BCUT2D eigenvalue weighted by molar-refractivity contribution is 0.145. The van der Waals surface area contributed by atoms with E-state index in [9.17, 15) is 0 Å². The predicted octanol–water partition coefficient (Wildman–Crippen LogP) is 2.44. The molecule has 1 aromatic rings. The highest BCUT2D eigenvalue weighted by molar-refractivity contribution is 9.10. The molecule has 0 radical (unpaired) electrons. The largest absolute Gasteiger partial charge is 0.383 e. The quantitative estimate of drug-likeness (QED) is 0.775. The second-order valence-electron chi connectivity index (χ2n) is 4.02. The molecular formula is C12H22BrN3O. The average molecular weight is 304 g/mol. The fourth-order valence-corrected chi connectivity index (χ4v) is 2.21. The van der Waals surface area contributed by atoms with Gasteiger partial charge in [-0.1, -0.05) is 6.92 Å². The number of hydrogen-bond donors (Lipinski definition) is 0. The molecule has 4 nitrogen and oxygen atoms in total. The Morgan fingerprint density at radius 2 is 2.12 bits per heavy atom. The summed E-state index contributed by atoms with van der Waals surface area (Å²) < 4.78 is 8.33. The number of hydrogen-bond acceptors (Lipinski definition) is 3. The average Bonchev–Trinajstić information content (AvgIpc) is 2.61. The zero-order valence-electron chi connectivity index (χ0n) is 11.2. The molecule has 0 aliphatic carbocycles. The molecule has 0 saturated heterocycles. The second-order valence-corrected chi connectivity index (χ2v) is 4.82. The maximum atomic E-state index is 5.13. The van der Waals surface area contributed by atoms with E-state index in [1.54, 1.807) is 7.11 Å². The fourth-order valence-electron chi connectivity index (χ4n) is 1.80. The molecule has 0 aliphatic rings. The molecule has 1 rings (SSSR count). The van der Waals surface area contributed by atoms with Gasteiger partial charge in [0, 0.05) is 26.7 Å². The van der Waals surface area contributed by atoms with Crippen molar-refractivity contribution >= 4 is 15.9 Å². The third-order valence-corrected chi connectivity index (χ3v) is 3.92. The van der Waals surface area contributed by atoms with Crippen LogP contribution in [-0.4, -0.2) is 41.5 Å². The summed E-state index contributed by atoms with van der Waals surface area (Å²) in [6, 6.07) is 0. The topological polar surface area (TPSA) is 30.3 Å². The Balaban J connectivity index is 2.77. The van der Waals surface area contributed by atoms with Gasteiger partial charge < -0.3 is 4.74 Å². The lowest BCUT2D eigenvalue weighted by Crippen LogP contribution is -2.28. The van der Waals surface area contributed by atoms with Crippen molar-refractivity contribution in [1.82, 2.24) is 14.7 Å². The van der Waals surface area contributed by atoms with E-state index < -0.39 is 0 Å². The van der Waals surface area contributed by atoms with Crippen molar-refractivity contribution in [3.05, 3.63) is 15.9 Å². The van der Waals surface area contributed by atoms with Crippen molar-refractivity contribution in [2.75, 3.05) is 26.8 Å². The van der Waals surface area contributed by atoms with Crippen molar-refractivity contribution in [2.45, 2.75) is 33.9 Å². The van der Waals surface area contributed by atoms with Crippen LogP contribution in [0.5, 0.6) is 0 Å². The Labute approximate surface area is 112 Å². The van der Waals surface area contributed by atoms with E-state index in [4.69, 9.17) is 4.74 Å². The van der Waals surface area contributed by atoms with Gasteiger partial charge in [0.25, 0.3) is 0 Å². The Morgan fingerprint density at radius 3 is 2.65 bits per heavy atom. The van der Waals surface area contributed by atoms with E-state index in [1.807, 2.05) is 6.92 Å². The van der Waals surface area contributed by atoms with Gasteiger partial charge in [-0.2, -0.15) is 5.10 Å². The van der Waals surface area contributed by atoms with Gasteiger partial charge in [0.05, 0.1) is 22.5 Å². The van der Waals surface area contributed by atoms with Crippen LogP contribution < -0.4 is 0 Å². The molecule has 0 unspecified atom stereocenters. The molecule has 5 heteroatoms. The molecule has 1 aromatic heterocycles. The number of halogens is 1. The van der Waals surface area contributed by atoms with Crippen LogP contribution in [-0.2, 0) is 17.8 Å². The molecule has 98 valence electrons. The summed E-state index contributed by atoms with van der Waals surface area (Å²) in [6.07, 6.45) is 0. The van der Waals surface area contributed by atoms with Crippen LogP contribution >= 0.6 is 15.9 Å². The molecule has 0 aromatic carbocycles. The first-order valence-electron chi connectivity index (χ1n) is 6.07. The molecule has 1 heterocycles. The van der Waals surface area contributed by atoms with E-state index in [-0.39, 0.29) is 0 Å². The highest BCUT2D eigenvalue weighted by atomic mass is 79.9. The van der Waals surface area contributed by atoms with Crippen LogP contribution in [0.3, 0.4) is 0 Å². The van der Waals surface area contributed by atoms with Crippen molar-refractivity contribution in [2.24, 2.45) is 0 Å².